The molecule has 9 nitrogen and oxygen atoms in total. The van der Waals surface area contributed by atoms with Crippen LogP contribution in [0.1, 0.15) is 25.7 Å². The Morgan fingerprint density at radius 1 is 1.18 bits per heavy atom. The highest BCUT2D eigenvalue weighted by molar-refractivity contribution is 6.33. The predicted octanol–water partition coefficient (Wildman–Crippen LogP) is 3.25. The minimum atomic E-state index is -1.67. The molecule has 2 aromatic heterocycles. The highest BCUT2D eigenvalue weighted by Gasteiger charge is 2.40. The molecule has 1 aliphatic heterocycles. The van der Waals surface area contributed by atoms with Gasteiger partial charge in [0.05, 0.1) is 29.4 Å². The molecule has 2 fully saturated rings. The number of fused-ring (bicyclic) bond motifs is 1. The number of halogens is 1. The quantitative estimate of drug-likeness (QED) is 0.517. The van der Waals surface area contributed by atoms with E-state index >= 15 is 0 Å². The van der Waals surface area contributed by atoms with Crippen molar-refractivity contribution in [3.63, 3.8) is 0 Å². The van der Waals surface area contributed by atoms with E-state index in [1.165, 1.54) is 0 Å². The summed E-state index contributed by atoms with van der Waals surface area (Å²) in [7, 11) is 0. The fourth-order valence-corrected chi connectivity index (χ4v) is 4.62. The lowest BCUT2D eigenvalue weighted by atomic mass is 9.83. The van der Waals surface area contributed by atoms with Crippen LogP contribution in [-0.4, -0.2) is 69.1 Å². The lowest BCUT2D eigenvalue weighted by Crippen LogP contribution is -2.44. The van der Waals surface area contributed by atoms with Crippen LogP contribution in [0.5, 0.6) is 6.01 Å². The number of hydrogen-bond donors (Lipinski definition) is 3. The first-order chi connectivity index (χ1) is 15.9. The molecule has 2 aliphatic rings. The van der Waals surface area contributed by atoms with Crippen molar-refractivity contribution in [3.8, 4) is 17.3 Å². The molecule has 0 radical (unpaired) electrons. The molecule has 5 rings (SSSR count). The molecule has 0 atom stereocenters. The van der Waals surface area contributed by atoms with E-state index in [0.717, 1.165) is 37.6 Å². The van der Waals surface area contributed by atoms with E-state index in [4.69, 9.17) is 26.2 Å². The van der Waals surface area contributed by atoms with Crippen molar-refractivity contribution in [3.05, 3.63) is 35.4 Å². The molecule has 33 heavy (non-hydrogen) atoms. The number of carboxylic acids is 1. The summed E-state index contributed by atoms with van der Waals surface area (Å²) in [5, 5.41) is 19.8. The zero-order valence-corrected chi connectivity index (χ0v) is 18.7. The number of carbonyl (C=O) groups is 1. The van der Waals surface area contributed by atoms with Gasteiger partial charge >= 0.3 is 5.97 Å². The summed E-state index contributed by atoms with van der Waals surface area (Å²) in [6.07, 6.45) is 0.903. The van der Waals surface area contributed by atoms with Crippen LogP contribution in [0.15, 0.2) is 30.3 Å². The maximum absolute atomic E-state index is 11.2. The molecule has 3 N–H and O–H groups in total. The molecule has 1 aromatic carbocycles. The molecule has 0 spiro atoms. The van der Waals surface area contributed by atoms with Gasteiger partial charge in [0.2, 0.25) is 0 Å². The van der Waals surface area contributed by atoms with Gasteiger partial charge in [-0.2, -0.15) is 4.98 Å². The second kappa shape index (κ2) is 8.81. The zero-order chi connectivity index (χ0) is 23.0. The number of imidazole rings is 1. The third-order valence-corrected chi connectivity index (χ3v) is 6.65. The number of benzene rings is 1. The van der Waals surface area contributed by atoms with E-state index in [-0.39, 0.29) is 18.9 Å². The Hall–Kier alpha value is -2.88. The fraction of sp³-hybridized carbons (Fsp3) is 0.435. The number of ether oxygens (including phenoxy) is 2. The predicted molar refractivity (Wildman–Crippen MR) is 123 cm³/mol. The van der Waals surface area contributed by atoms with Crippen LogP contribution in [0.25, 0.3) is 22.4 Å². The van der Waals surface area contributed by atoms with Crippen LogP contribution in [0.2, 0.25) is 5.02 Å². The average Bonchev–Trinajstić information content (AvgIpc) is 3.21. The molecular formula is C23H25ClN4O5. The van der Waals surface area contributed by atoms with Gasteiger partial charge in [-0.1, -0.05) is 23.7 Å². The topological polar surface area (TPSA) is 121 Å². The number of morpholine rings is 1. The number of aromatic nitrogens is 3. The Labute approximate surface area is 195 Å². The maximum atomic E-state index is 11.2. The Kier molecular flexibility index (Phi) is 5.86. The highest BCUT2D eigenvalue weighted by Crippen LogP contribution is 2.33. The number of aromatic amines is 1. The van der Waals surface area contributed by atoms with Crippen molar-refractivity contribution in [1.29, 1.82) is 0 Å². The van der Waals surface area contributed by atoms with Crippen molar-refractivity contribution in [2.45, 2.75) is 37.4 Å². The molecule has 10 heteroatoms. The van der Waals surface area contributed by atoms with Crippen LogP contribution >= 0.6 is 11.6 Å². The zero-order valence-electron chi connectivity index (χ0n) is 18.0. The Morgan fingerprint density at radius 3 is 2.55 bits per heavy atom. The first-order valence-corrected chi connectivity index (χ1v) is 11.4. The third-order valence-electron chi connectivity index (χ3n) is 6.36. The van der Waals surface area contributed by atoms with Gasteiger partial charge in [-0.05, 0) is 43.9 Å². The summed E-state index contributed by atoms with van der Waals surface area (Å²) in [5.74, 6) is -1.19. The number of anilines is 1. The monoisotopic (exact) mass is 472 g/mol. The number of nitrogens with zero attached hydrogens (tertiary/aromatic N) is 3. The minimum absolute atomic E-state index is 0.141. The summed E-state index contributed by atoms with van der Waals surface area (Å²) in [4.78, 5) is 25.7. The van der Waals surface area contributed by atoms with Crippen molar-refractivity contribution >= 4 is 34.4 Å². The van der Waals surface area contributed by atoms with Gasteiger partial charge in [-0.3, -0.25) is 0 Å². The van der Waals surface area contributed by atoms with E-state index in [1.807, 2.05) is 12.1 Å². The SMILES string of the molecule is O=C(O)[C@]1(O)CC[C@@H](Oc2nc3nc(-c4ccc(N5CCOCC5)cc4)c(Cl)cc3[nH]2)CC1. The lowest BCUT2D eigenvalue weighted by Gasteiger charge is -2.32. The van der Waals surface area contributed by atoms with Gasteiger partial charge in [0, 0.05) is 24.3 Å². The van der Waals surface area contributed by atoms with E-state index in [0.29, 0.717) is 40.7 Å². The Morgan fingerprint density at radius 2 is 1.88 bits per heavy atom. The van der Waals surface area contributed by atoms with Crippen molar-refractivity contribution in [1.82, 2.24) is 15.0 Å². The minimum Gasteiger partial charge on any atom is -0.479 e. The standard InChI is InChI=1S/C23H25ClN4O5/c24-17-13-18-20(27-22(25-18)33-16-5-7-23(31,8-6-16)21(29)30)26-19(17)14-1-3-15(4-2-14)28-9-11-32-12-10-28/h1-4,13,16,31H,5-12H2,(H,29,30)(H,25,26,27)/t16-,23+. The normalized spacial score (nSPS) is 23.6. The highest BCUT2D eigenvalue weighted by atomic mass is 35.5. The number of pyridine rings is 1. The number of rotatable bonds is 5. The van der Waals surface area contributed by atoms with E-state index < -0.39 is 11.6 Å². The molecule has 0 amide bonds. The molecule has 0 unspecified atom stereocenters. The summed E-state index contributed by atoms with van der Waals surface area (Å²) in [6.45, 7) is 3.21. The van der Waals surface area contributed by atoms with Crippen LogP contribution in [0, 0.1) is 0 Å². The molecule has 174 valence electrons. The number of aliphatic hydroxyl groups is 1. The Bertz CT molecular complexity index is 1150. The van der Waals surface area contributed by atoms with Gasteiger partial charge in [0.25, 0.3) is 6.01 Å². The van der Waals surface area contributed by atoms with Crippen molar-refractivity contribution in [2.24, 2.45) is 0 Å². The molecule has 1 saturated carbocycles. The molecule has 3 heterocycles. The van der Waals surface area contributed by atoms with Gasteiger partial charge < -0.3 is 29.6 Å². The smallest absolute Gasteiger partial charge is 0.335 e. The first-order valence-electron chi connectivity index (χ1n) is 11.0. The Balaban J connectivity index is 1.32. The van der Waals surface area contributed by atoms with Crippen LogP contribution in [-0.2, 0) is 9.53 Å². The van der Waals surface area contributed by atoms with Crippen LogP contribution < -0.4 is 9.64 Å². The largest absolute Gasteiger partial charge is 0.479 e. The summed E-state index contributed by atoms with van der Waals surface area (Å²) in [5.41, 5.74) is 2.14. The van der Waals surface area contributed by atoms with E-state index in [2.05, 4.69) is 32.0 Å². The van der Waals surface area contributed by atoms with Crippen molar-refractivity contribution in [2.75, 3.05) is 31.2 Å². The number of H-pyrrole nitrogens is 1. The van der Waals surface area contributed by atoms with E-state index in [1.54, 1.807) is 6.07 Å². The lowest BCUT2D eigenvalue weighted by molar-refractivity contribution is -0.163. The van der Waals surface area contributed by atoms with Gasteiger partial charge in [0.15, 0.2) is 11.2 Å². The second-order valence-electron chi connectivity index (χ2n) is 8.53. The first kappa shape index (κ1) is 21.9. The summed E-state index contributed by atoms with van der Waals surface area (Å²) in [6, 6.07) is 10.2. The number of hydrogen-bond acceptors (Lipinski definition) is 7. The molecule has 0 bridgehead atoms. The molecule has 1 aliphatic carbocycles. The van der Waals surface area contributed by atoms with E-state index in [9.17, 15) is 9.90 Å². The van der Waals surface area contributed by atoms with Gasteiger partial charge in [0.1, 0.15) is 6.10 Å². The maximum Gasteiger partial charge on any atom is 0.335 e. The summed E-state index contributed by atoms with van der Waals surface area (Å²) >= 11 is 6.53. The summed E-state index contributed by atoms with van der Waals surface area (Å²) < 4.78 is 11.3. The van der Waals surface area contributed by atoms with Gasteiger partial charge in [-0.25, -0.2) is 9.78 Å². The number of nitrogens with one attached hydrogen (secondary N) is 1. The van der Waals surface area contributed by atoms with Crippen LogP contribution in [0.3, 0.4) is 0 Å². The van der Waals surface area contributed by atoms with Crippen LogP contribution in [0.4, 0.5) is 5.69 Å². The average molecular weight is 473 g/mol. The number of aliphatic carboxylic acids is 1. The molecule has 3 aromatic rings. The third kappa shape index (κ3) is 4.48. The van der Waals surface area contributed by atoms with Crippen molar-refractivity contribution < 1.29 is 24.5 Å². The second-order valence-corrected chi connectivity index (χ2v) is 8.94. The molecule has 1 saturated heterocycles. The fourth-order valence-electron chi connectivity index (χ4n) is 4.36. The number of carboxylic acid groups (broad SMARTS) is 1. The van der Waals surface area contributed by atoms with Gasteiger partial charge in [-0.15, -0.1) is 0 Å². The molecular weight excluding hydrogens is 448 g/mol.